The molecular weight excluding hydrogens is 466 g/mol. The molecule has 1 N–H and O–H groups in total. The topological polar surface area (TPSA) is 107 Å². The SMILES string of the molecule is Cc1ccc(-c2ncn(-c3ccc(Nc4nccc(-c5cncc(N6CCOCC6)c5)n4)cc3)n2)cn1. The summed E-state index contributed by atoms with van der Waals surface area (Å²) >= 11 is 0. The predicted molar refractivity (Wildman–Crippen MR) is 141 cm³/mol. The van der Waals surface area contributed by atoms with Crippen molar-refractivity contribution in [3.8, 4) is 28.3 Å². The maximum Gasteiger partial charge on any atom is 0.227 e. The summed E-state index contributed by atoms with van der Waals surface area (Å²) in [4.78, 5) is 24.6. The second kappa shape index (κ2) is 10.1. The van der Waals surface area contributed by atoms with Gasteiger partial charge in [-0.05, 0) is 55.5 Å². The Bertz CT molecular complexity index is 1490. The number of hydrogen-bond donors (Lipinski definition) is 1. The second-order valence-electron chi connectivity index (χ2n) is 8.67. The molecule has 10 heteroatoms. The molecule has 0 bridgehead atoms. The van der Waals surface area contributed by atoms with Gasteiger partial charge >= 0.3 is 0 Å². The number of benzene rings is 1. The molecule has 0 atom stereocenters. The number of aryl methyl sites for hydroxylation is 1. The van der Waals surface area contributed by atoms with Crippen LogP contribution in [0.5, 0.6) is 0 Å². The third-order valence-electron chi connectivity index (χ3n) is 6.10. The molecule has 4 aromatic heterocycles. The van der Waals surface area contributed by atoms with Crippen LogP contribution in [0.2, 0.25) is 0 Å². The van der Waals surface area contributed by atoms with Crippen molar-refractivity contribution in [2.45, 2.75) is 6.92 Å². The Morgan fingerprint density at radius 1 is 0.838 bits per heavy atom. The molecule has 1 aliphatic heterocycles. The van der Waals surface area contributed by atoms with Crippen LogP contribution in [-0.4, -0.2) is 61.0 Å². The molecule has 1 aromatic carbocycles. The van der Waals surface area contributed by atoms with Gasteiger partial charge in [-0.1, -0.05) is 0 Å². The van der Waals surface area contributed by atoms with Crippen LogP contribution >= 0.6 is 0 Å². The molecule has 37 heavy (non-hydrogen) atoms. The summed E-state index contributed by atoms with van der Waals surface area (Å²) < 4.78 is 7.20. The fourth-order valence-electron chi connectivity index (χ4n) is 4.09. The van der Waals surface area contributed by atoms with Gasteiger partial charge in [-0.15, -0.1) is 5.10 Å². The van der Waals surface area contributed by atoms with Crippen molar-refractivity contribution in [1.29, 1.82) is 0 Å². The molecule has 1 fully saturated rings. The zero-order valence-electron chi connectivity index (χ0n) is 20.3. The zero-order valence-corrected chi connectivity index (χ0v) is 20.3. The summed E-state index contributed by atoms with van der Waals surface area (Å²) in [5.41, 5.74) is 6.41. The van der Waals surface area contributed by atoms with Gasteiger partial charge in [-0.25, -0.2) is 19.6 Å². The lowest BCUT2D eigenvalue weighted by Crippen LogP contribution is -2.36. The first kappa shape index (κ1) is 22.7. The van der Waals surface area contributed by atoms with Gasteiger partial charge in [0.1, 0.15) is 6.33 Å². The highest BCUT2D eigenvalue weighted by Gasteiger charge is 2.13. The molecule has 0 radical (unpaired) electrons. The quantitative estimate of drug-likeness (QED) is 0.376. The van der Waals surface area contributed by atoms with Gasteiger partial charge in [0.2, 0.25) is 5.95 Å². The lowest BCUT2D eigenvalue weighted by atomic mass is 10.2. The highest BCUT2D eigenvalue weighted by molar-refractivity contribution is 5.66. The summed E-state index contributed by atoms with van der Waals surface area (Å²) in [6.45, 7) is 5.13. The molecule has 0 amide bonds. The highest BCUT2D eigenvalue weighted by Crippen LogP contribution is 2.24. The van der Waals surface area contributed by atoms with Crippen LogP contribution in [-0.2, 0) is 4.74 Å². The van der Waals surface area contributed by atoms with E-state index in [2.05, 4.69) is 41.3 Å². The largest absolute Gasteiger partial charge is 0.378 e. The Kier molecular flexibility index (Phi) is 6.22. The van der Waals surface area contributed by atoms with E-state index in [1.807, 2.05) is 61.8 Å². The van der Waals surface area contributed by atoms with Gasteiger partial charge in [0.05, 0.1) is 36.5 Å². The molecule has 5 aromatic rings. The molecule has 1 aliphatic rings. The lowest BCUT2D eigenvalue weighted by molar-refractivity contribution is 0.122. The van der Waals surface area contributed by atoms with Crippen molar-refractivity contribution in [1.82, 2.24) is 34.7 Å². The summed E-state index contributed by atoms with van der Waals surface area (Å²) in [5.74, 6) is 1.14. The Labute approximate surface area is 214 Å². The smallest absolute Gasteiger partial charge is 0.227 e. The predicted octanol–water partition coefficient (Wildman–Crippen LogP) is 4.07. The van der Waals surface area contributed by atoms with E-state index >= 15 is 0 Å². The molecule has 184 valence electrons. The van der Waals surface area contributed by atoms with E-state index in [1.54, 1.807) is 23.4 Å². The Morgan fingerprint density at radius 2 is 1.70 bits per heavy atom. The van der Waals surface area contributed by atoms with Crippen LogP contribution in [0.3, 0.4) is 0 Å². The van der Waals surface area contributed by atoms with E-state index < -0.39 is 0 Å². The molecular formula is C27H25N9O. The molecule has 6 rings (SSSR count). The number of morpholine rings is 1. The summed E-state index contributed by atoms with van der Waals surface area (Å²) in [6, 6.07) is 15.8. The molecule has 0 spiro atoms. The van der Waals surface area contributed by atoms with E-state index in [-0.39, 0.29) is 0 Å². The Hall–Kier alpha value is -4.70. The minimum absolute atomic E-state index is 0.511. The number of anilines is 3. The van der Waals surface area contributed by atoms with Gasteiger partial charge in [0.15, 0.2) is 5.82 Å². The average molecular weight is 492 g/mol. The number of rotatable bonds is 6. The van der Waals surface area contributed by atoms with E-state index in [9.17, 15) is 0 Å². The minimum atomic E-state index is 0.511. The molecule has 5 heterocycles. The van der Waals surface area contributed by atoms with E-state index in [4.69, 9.17) is 9.72 Å². The van der Waals surface area contributed by atoms with E-state index in [1.165, 1.54) is 0 Å². The van der Waals surface area contributed by atoms with Crippen molar-refractivity contribution < 1.29 is 4.74 Å². The highest BCUT2D eigenvalue weighted by atomic mass is 16.5. The van der Waals surface area contributed by atoms with E-state index in [0.717, 1.165) is 65.9 Å². The number of ether oxygens (including phenoxy) is 1. The van der Waals surface area contributed by atoms with Crippen LogP contribution in [0.15, 0.2) is 79.6 Å². The normalized spacial score (nSPS) is 13.5. The third-order valence-corrected chi connectivity index (χ3v) is 6.10. The van der Waals surface area contributed by atoms with Crippen LogP contribution in [0.25, 0.3) is 28.3 Å². The molecule has 0 aliphatic carbocycles. The van der Waals surface area contributed by atoms with Crippen LogP contribution in [0.4, 0.5) is 17.3 Å². The van der Waals surface area contributed by atoms with Crippen LogP contribution in [0.1, 0.15) is 5.69 Å². The molecule has 10 nitrogen and oxygen atoms in total. The number of pyridine rings is 2. The number of hydrogen-bond acceptors (Lipinski definition) is 9. The van der Waals surface area contributed by atoms with Gasteiger partial charge < -0.3 is 15.0 Å². The first-order chi connectivity index (χ1) is 18.2. The first-order valence-corrected chi connectivity index (χ1v) is 12.0. The standard InChI is InChI=1S/C27H25N9O/c1-19-2-3-20(16-30-19)26-31-18-36(34-26)23-6-4-22(5-7-23)32-27-29-9-8-25(33-27)21-14-24(17-28-15-21)35-10-12-37-13-11-35/h2-9,14-18H,10-13H2,1H3,(H,29,32,33). The summed E-state index contributed by atoms with van der Waals surface area (Å²) in [7, 11) is 0. The van der Waals surface area contributed by atoms with Gasteiger partial charge in [0.25, 0.3) is 0 Å². The number of nitrogens with one attached hydrogen (secondary N) is 1. The lowest BCUT2D eigenvalue weighted by Gasteiger charge is -2.28. The second-order valence-corrected chi connectivity index (χ2v) is 8.67. The minimum Gasteiger partial charge on any atom is -0.378 e. The Morgan fingerprint density at radius 3 is 2.51 bits per heavy atom. The maximum atomic E-state index is 5.46. The van der Waals surface area contributed by atoms with Gasteiger partial charge in [0, 0.05) is 54.2 Å². The van der Waals surface area contributed by atoms with Crippen molar-refractivity contribution in [2.75, 3.05) is 36.5 Å². The summed E-state index contributed by atoms with van der Waals surface area (Å²) in [5, 5.41) is 7.87. The van der Waals surface area contributed by atoms with Crippen molar-refractivity contribution in [3.63, 3.8) is 0 Å². The first-order valence-electron chi connectivity index (χ1n) is 12.0. The Balaban J connectivity index is 1.16. The third kappa shape index (κ3) is 5.14. The molecule has 0 saturated carbocycles. The number of aromatic nitrogens is 7. The average Bonchev–Trinajstić information content (AvgIpc) is 3.45. The summed E-state index contributed by atoms with van der Waals surface area (Å²) in [6.07, 6.45) is 8.93. The van der Waals surface area contributed by atoms with Crippen molar-refractivity contribution in [3.05, 3.63) is 85.3 Å². The van der Waals surface area contributed by atoms with Gasteiger partial charge in [-0.3, -0.25) is 9.97 Å². The number of nitrogens with zero attached hydrogens (tertiary/aromatic N) is 8. The fourth-order valence-corrected chi connectivity index (χ4v) is 4.09. The van der Waals surface area contributed by atoms with Gasteiger partial charge in [-0.2, -0.15) is 0 Å². The molecule has 1 saturated heterocycles. The van der Waals surface area contributed by atoms with Crippen molar-refractivity contribution >= 4 is 17.3 Å². The van der Waals surface area contributed by atoms with E-state index in [0.29, 0.717) is 11.8 Å². The maximum absolute atomic E-state index is 5.46. The fraction of sp³-hybridized carbons (Fsp3) is 0.185. The monoisotopic (exact) mass is 491 g/mol. The van der Waals surface area contributed by atoms with Crippen molar-refractivity contribution in [2.24, 2.45) is 0 Å². The molecule has 0 unspecified atom stereocenters. The van der Waals surface area contributed by atoms with Crippen LogP contribution in [0, 0.1) is 6.92 Å². The van der Waals surface area contributed by atoms with Crippen LogP contribution < -0.4 is 10.2 Å². The zero-order chi connectivity index (χ0) is 25.0.